The molecule has 0 saturated carbocycles. The molecule has 8 nitrogen and oxygen atoms in total. The highest BCUT2D eigenvalue weighted by Gasteiger charge is 2.37. The van der Waals surface area contributed by atoms with Crippen LogP contribution in [0.3, 0.4) is 0 Å². The van der Waals surface area contributed by atoms with Gasteiger partial charge >= 0.3 is 12.3 Å². The Bertz CT molecular complexity index is 1210. The monoisotopic (exact) mass is 566 g/mol. The highest BCUT2D eigenvalue weighted by atomic mass is 35.5. The summed E-state index contributed by atoms with van der Waals surface area (Å²) in [6, 6.07) is 11.2. The van der Waals surface area contributed by atoms with Crippen molar-refractivity contribution in [3.8, 4) is 0 Å². The summed E-state index contributed by atoms with van der Waals surface area (Å²) in [5.74, 6) is -1.20. The average Bonchev–Trinajstić information content (AvgIpc) is 3.36. The molecule has 2 heterocycles. The van der Waals surface area contributed by atoms with Gasteiger partial charge < -0.3 is 20.6 Å². The van der Waals surface area contributed by atoms with Gasteiger partial charge in [0, 0.05) is 48.3 Å². The van der Waals surface area contributed by atoms with Gasteiger partial charge in [-0.15, -0.1) is 0 Å². The van der Waals surface area contributed by atoms with Gasteiger partial charge in [0.05, 0.1) is 12.1 Å². The number of halogens is 4. The average molecular weight is 567 g/mol. The molecule has 3 atom stereocenters. The molecular weight excluding hydrogens is 537 g/mol. The summed E-state index contributed by atoms with van der Waals surface area (Å²) in [5, 5.41) is 15.6. The van der Waals surface area contributed by atoms with Crippen molar-refractivity contribution in [3.05, 3.63) is 70.2 Å². The molecule has 12 heteroatoms. The van der Waals surface area contributed by atoms with Gasteiger partial charge in [0.1, 0.15) is 0 Å². The van der Waals surface area contributed by atoms with Gasteiger partial charge in [-0.3, -0.25) is 14.5 Å². The van der Waals surface area contributed by atoms with E-state index in [1.807, 2.05) is 18.2 Å². The third-order valence-corrected chi connectivity index (χ3v) is 7.68. The van der Waals surface area contributed by atoms with Crippen molar-refractivity contribution in [2.45, 2.75) is 50.0 Å². The number of piperidine rings is 1. The number of carbonyl (C=O) groups excluding carboxylic acids is 2. The van der Waals surface area contributed by atoms with Crippen LogP contribution in [0, 0.1) is 0 Å². The first-order chi connectivity index (χ1) is 18.5. The minimum Gasteiger partial charge on any atom is -0.465 e. The van der Waals surface area contributed by atoms with Gasteiger partial charge in [0.2, 0.25) is 5.91 Å². The maximum absolute atomic E-state index is 12.9. The van der Waals surface area contributed by atoms with Crippen LogP contribution in [0.4, 0.5) is 18.0 Å². The Morgan fingerprint density at radius 2 is 1.82 bits per heavy atom. The van der Waals surface area contributed by atoms with Crippen molar-refractivity contribution in [1.82, 2.24) is 20.4 Å². The van der Waals surface area contributed by atoms with E-state index in [0.29, 0.717) is 43.8 Å². The Morgan fingerprint density at radius 1 is 1.05 bits per heavy atom. The fraction of sp³-hybridized carbons (Fsp3) is 0.444. The van der Waals surface area contributed by atoms with Crippen LogP contribution in [0.2, 0.25) is 5.02 Å². The van der Waals surface area contributed by atoms with Crippen LogP contribution >= 0.6 is 11.6 Å². The van der Waals surface area contributed by atoms with Crippen molar-refractivity contribution < 1.29 is 32.7 Å². The van der Waals surface area contributed by atoms with Crippen molar-refractivity contribution in [2.75, 3.05) is 26.2 Å². The Hall–Kier alpha value is -3.31. The number of hydrogen-bond acceptors (Lipinski definition) is 4. The maximum atomic E-state index is 12.9. The summed E-state index contributed by atoms with van der Waals surface area (Å²) in [6.45, 7) is 1.37. The van der Waals surface area contributed by atoms with Gasteiger partial charge in [-0.05, 0) is 55.5 Å². The van der Waals surface area contributed by atoms with Crippen LogP contribution in [-0.4, -0.2) is 77.1 Å². The first-order valence-electron chi connectivity index (χ1n) is 12.7. The van der Waals surface area contributed by atoms with Crippen molar-refractivity contribution in [3.63, 3.8) is 0 Å². The highest BCUT2D eigenvalue weighted by Crippen LogP contribution is 2.30. The molecule has 2 saturated heterocycles. The van der Waals surface area contributed by atoms with E-state index in [1.165, 1.54) is 11.0 Å². The topological polar surface area (TPSA) is 102 Å². The molecule has 0 aliphatic carbocycles. The lowest BCUT2D eigenvalue weighted by atomic mass is 9.91. The van der Waals surface area contributed by atoms with E-state index in [0.717, 1.165) is 30.3 Å². The zero-order valence-corrected chi connectivity index (χ0v) is 21.8. The fourth-order valence-electron chi connectivity index (χ4n) is 5.34. The Balaban J connectivity index is 1.27. The third kappa shape index (κ3) is 7.42. The molecule has 2 aromatic carbocycles. The van der Waals surface area contributed by atoms with E-state index in [9.17, 15) is 32.7 Å². The molecule has 0 spiro atoms. The lowest BCUT2D eigenvalue weighted by molar-refractivity contribution is -0.137. The molecule has 2 unspecified atom stereocenters. The number of alkyl halides is 3. The summed E-state index contributed by atoms with van der Waals surface area (Å²) in [6.07, 6.45) is -2.99. The Morgan fingerprint density at radius 3 is 2.54 bits per heavy atom. The van der Waals surface area contributed by atoms with E-state index >= 15 is 0 Å². The van der Waals surface area contributed by atoms with Gasteiger partial charge in [0.25, 0.3) is 5.91 Å². The first kappa shape index (κ1) is 28.7. The standard InChI is InChI=1S/C27H30ClF3N4O4/c28-23-7-2-1-4-17(23)13-22-14-21(9-11-35(22)26(38)39)34-10-8-20(16-34)33-24(36)15-32-25(37)18-5-3-6-19(12-18)27(29,30)31/h1-7,12,20-22H,8-11,13-16H2,(H,32,37)(H,33,36)(H,38,39)/t20-,21?,22?/m1/s1. The van der Waals surface area contributed by atoms with Crippen LogP contribution in [0.5, 0.6) is 0 Å². The molecule has 2 aliphatic rings. The predicted molar refractivity (Wildman–Crippen MR) is 139 cm³/mol. The molecule has 0 aromatic heterocycles. The molecule has 2 fully saturated rings. The van der Waals surface area contributed by atoms with Crippen molar-refractivity contribution >= 4 is 29.5 Å². The molecule has 0 bridgehead atoms. The van der Waals surface area contributed by atoms with Gasteiger partial charge in [-0.2, -0.15) is 13.2 Å². The predicted octanol–water partition coefficient (Wildman–Crippen LogP) is 4.03. The molecule has 3 amide bonds. The summed E-state index contributed by atoms with van der Waals surface area (Å²) in [4.78, 5) is 40.3. The maximum Gasteiger partial charge on any atom is 0.416 e. The largest absolute Gasteiger partial charge is 0.465 e. The smallest absolute Gasteiger partial charge is 0.416 e. The van der Waals surface area contributed by atoms with E-state index < -0.39 is 29.6 Å². The van der Waals surface area contributed by atoms with Crippen LogP contribution in [-0.2, 0) is 17.4 Å². The quantitative estimate of drug-likeness (QED) is 0.470. The molecule has 2 aliphatic heterocycles. The van der Waals surface area contributed by atoms with Crippen molar-refractivity contribution in [1.29, 1.82) is 0 Å². The molecule has 0 radical (unpaired) electrons. The normalized spacial score (nSPS) is 21.9. The van der Waals surface area contributed by atoms with Gasteiger partial charge in [-0.25, -0.2) is 4.79 Å². The first-order valence-corrected chi connectivity index (χ1v) is 13.1. The van der Waals surface area contributed by atoms with Crippen LogP contribution < -0.4 is 10.6 Å². The van der Waals surface area contributed by atoms with Crippen LogP contribution in [0.1, 0.15) is 40.7 Å². The number of rotatable bonds is 7. The second-order valence-corrected chi connectivity index (χ2v) is 10.3. The number of carbonyl (C=O) groups is 3. The number of amides is 3. The number of benzene rings is 2. The second kappa shape index (κ2) is 12.3. The third-order valence-electron chi connectivity index (χ3n) is 7.31. The zero-order chi connectivity index (χ0) is 28.2. The van der Waals surface area contributed by atoms with Crippen LogP contribution in [0.15, 0.2) is 48.5 Å². The second-order valence-electron chi connectivity index (χ2n) is 9.91. The molecule has 210 valence electrons. The molecule has 4 rings (SSSR count). The van der Waals surface area contributed by atoms with Crippen LogP contribution in [0.25, 0.3) is 0 Å². The molecule has 2 aromatic rings. The Labute approximate surface area is 229 Å². The highest BCUT2D eigenvalue weighted by molar-refractivity contribution is 6.31. The number of nitrogens with zero attached hydrogens (tertiary/aromatic N) is 2. The minimum absolute atomic E-state index is 0.149. The van der Waals surface area contributed by atoms with E-state index in [4.69, 9.17) is 11.6 Å². The molecule has 3 N–H and O–H groups in total. The van der Waals surface area contributed by atoms with E-state index in [2.05, 4.69) is 15.5 Å². The molecule has 39 heavy (non-hydrogen) atoms. The summed E-state index contributed by atoms with van der Waals surface area (Å²) >= 11 is 6.32. The van der Waals surface area contributed by atoms with Crippen molar-refractivity contribution in [2.24, 2.45) is 0 Å². The van der Waals surface area contributed by atoms with Gasteiger partial charge in [0.15, 0.2) is 0 Å². The van der Waals surface area contributed by atoms with Gasteiger partial charge in [-0.1, -0.05) is 35.9 Å². The summed E-state index contributed by atoms with van der Waals surface area (Å²) < 4.78 is 38.7. The summed E-state index contributed by atoms with van der Waals surface area (Å²) in [7, 11) is 0. The molecular formula is C27H30ClF3N4O4. The SMILES string of the molecule is O=C(CNC(=O)c1cccc(C(F)(F)F)c1)N[C@@H]1CCN(C2CCN(C(=O)O)C(Cc3ccccc3Cl)C2)C1. The number of carboxylic acid groups (broad SMARTS) is 1. The van der Waals surface area contributed by atoms with E-state index in [1.54, 1.807) is 6.07 Å². The number of hydrogen-bond donors (Lipinski definition) is 3. The zero-order valence-electron chi connectivity index (χ0n) is 21.1. The fourth-order valence-corrected chi connectivity index (χ4v) is 5.55. The van der Waals surface area contributed by atoms with E-state index in [-0.39, 0.29) is 30.2 Å². The Kier molecular flexibility index (Phi) is 9.01. The minimum atomic E-state index is -4.57. The lowest BCUT2D eigenvalue weighted by Crippen LogP contribution is -2.52. The number of nitrogens with one attached hydrogen (secondary N) is 2. The number of likely N-dealkylation sites (tertiary alicyclic amines) is 2. The lowest BCUT2D eigenvalue weighted by Gasteiger charge is -2.41. The summed E-state index contributed by atoms with van der Waals surface area (Å²) in [5.41, 5.74) is -0.215.